The van der Waals surface area contributed by atoms with Gasteiger partial charge in [0.05, 0.1) is 7.11 Å². The van der Waals surface area contributed by atoms with E-state index in [1.807, 2.05) is 0 Å². The zero-order valence-electron chi connectivity index (χ0n) is 7.72. The van der Waals surface area contributed by atoms with Gasteiger partial charge in [0.15, 0.2) is 0 Å². The molecular formula is C9H18O2. The molecule has 0 saturated carbocycles. The standard InChI is InChI=1S/C9H18O2/c1-4-5-8(2)6-7-9(10)11-3/h8H,4-7H2,1-3H3. The number of hydrogen-bond donors (Lipinski definition) is 0. The lowest BCUT2D eigenvalue weighted by molar-refractivity contribution is -0.140. The summed E-state index contributed by atoms with van der Waals surface area (Å²) in [6.45, 7) is 4.33. The summed E-state index contributed by atoms with van der Waals surface area (Å²) in [5, 5.41) is 0. The summed E-state index contributed by atoms with van der Waals surface area (Å²) in [6, 6.07) is 0. The number of ether oxygens (including phenoxy) is 1. The second kappa shape index (κ2) is 6.20. The first kappa shape index (κ1) is 10.5. The van der Waals surface area contributed by atoms with Gasteiger partial charge in [-0.15, -0.1) is 0 Å². The van der Waals surface area contributed by atoms with E-state index in [2.05, 4.69) is 18.6 Å². The fraction of sp³-hybridized carbons (Fsp3) is 0.889. The van der Waals surface area contributed by atoms with Gasteiger partial charge in [-0.25, -0.2) is 0 Å². The molecule has 1 atom stereocenters. The summed E-state index contributed by atoms with van der Waals surface area (Å²) < 4.78 is 4.54. The topological polar surface area (TPSA) is 26.3 Å². The number of carbonyl (C=O) groups is 1. The van der Waals surface area contributed by atoms with Crippen LogP contribution in [0.1, 0.15) is 39.5 Å². The van der Waals surface area contributed by atoms with Crippen LogP contribution in [0, 0.1) is 5.92 Å². The van der Waals surface area contributed by atoms with Gasteiger partial charge in [-0.3, -0.25) is 4.79 Å². The predicted molar refractivity (Wildman–Crippen MR) is 45.3 cm³/mol. The quantitative estimate of drug-likeness (QED) is 0.574. The zero-order chi connectivity index (χ0) is 8.69. The summed E-state index contributed by atoms with van der Waals surface area (Å²) in [5.74, 6) is 0.562. The van der Waals surface area contributed by atoms with Gasteiger partial charge in [-0.2, -0.15) is 0 Å². The van der Waals surface area contributed by atoms with E-state index in [1.54, 1.807) is 0 Å². The lowest BCUT2D eigenvalue weighted by atomic mass is 10.0. The van der Waals surface area contributed by atoms with Crippen molar-refractivity contribution in [1.29, 1.82) is 0 Å². The third-order valence-electron chi connectivity index (χ3n) is 1.85. The first-order chi connectivity index (χ1) is 5.20. The van der Waals surface area contributed by atoms with Crippen molar-refractivity contribution in [1.82, 2.24) is 0 Å². The summed E-state index contributed by atoms with van der Waals surface area (Å²) in [5.41, 5.74) is 0. The van der Waals surface area contributed by atoms with Crippen LogP contribution in [0.3, 0.4) is 0 Å². The Bertz CT molecular complexity index is 110. The number of carbonyl (C=O) groups excluding carboxylic acids is 1. The third-order valence-corrected chi connectivity index (χ3v) is 1.85. The summed E-state index contributed by atoms with van der Waals surface area (Å²) in [4.78, 5) is 10.7. The maximum Gasteiger partial charge on any atom is 0.305 e. The monoisotopic (exact) mass is 158 g/mol. The second-order valence-electron chi connectivity index (χ2n) is 3.01. The normalized spacial score (nSPS) is 12.6. The highest BCUT2D eigenvalue weighted by atomic mass is 16.5. The van der Waals surface area contributed by atoms with Crippen LogP contribution in [-0.2, 0) is 9.53 Å². The molecule has 0 aliphatic heterocycles. The van der Waals surface area contributed by atoms with E-state index < -0.39 is 0 Å². The maximum atomic E-state index is 10.7. The van der Waals surface area contributed by atoms with Crippen LogP contribution in [0.25, 0.3) is 0 Å². The number of rotatable bonds is 5. The van der Waals surface area contributed by atoms with Gasteiger partial charge in [0.2, 0.25) is 0 Å². The second-order valence-corrected chi connectivity index (χ2v) is 3.01. The van der Waals surface area contributed by atoms with Crippen molar-refractivity contribution in [2.75, 3.05) is 7.11 Å². The largest absolute Gasteiger partial charge is 0.469 e. The molecule has 0 aliphatic rings. The molecule has 0 aromatic rings. The average Bonchev–Trinajstić information content (AvgIpc) is 2.01. The number of hydrogen-bond acceptors (Lipinski definition) is 2. The molecular weight excluding hydrogens is 140 g/mol. The third kappa shape index (κ3) is 5.89. The van der Waals surface area contributed by atoms with Gasteiger partial charge < -0.3 is 4.74 Å². The van der Waals surface area contributed by atoms with Crippen molar-refractivity contribution in [3.8, 4) is 0 Å². The Morgan fingerprint density at radius 3 is 2.55 bits per heavy atom. The van der Waals surface area contributed by atoms with Crippen LogP contribution in [0.15, 0.2) is 0 Å². The Morgan fingerprint density at radius 2 is 2.09 bits per heavy atom. The van der Waals surface area contributed by atoms with E-state index in [-0.39, 0.29) is 5.97 Å². The van der Waals surface area contributed by atoms with Crippen molar-refractivity contribution in [2.24, 2.45) is 5.92 Å². The van der Waals surface area contributed by atoms with E-state index >= 15 is 0 Å². The predicted octanol–water partition coefficient (Wildman–Crippen LogP) is 2.38. The first-order valence-electron chi connectivity index (χ1n) is 4.27. The Morgan fingerprint density at radius 1 is 1.45 bits per heavy atom. The molecule has 0 radical (unpaired) electrons. The molecule has 0 saturated heterocycles. The minimum Gasteiger partial charge on any atom is -0.469 e. The number of esters is 1. The smallest absolute Gasteiger partial charge is 0.305 e. The molecule has 0 aliphatic carbocycles. The van der Waals surface area contributed by atoms with Crippen LogP contribution >= 0.6 is 0 Å². The molecule has 0 amide bonds. The van der Waals surface area contributed by atoms with Gasteiger partial charge in [-0.05, 0) is 12.3 Å². The summed E-state index contributed by atoms with van der Waals surface area (Å²) in [6.07, 6.45) is 3.93. The molecule has 0 bridgehead atoms. The van der Waals surface area contributed by atoms with Gasteiger partial charge in [0.25, 0.3) is 0 Å². The molecule has 0 rings (SSSR count). The Kier molecular flexibility index (Phi) is 5.90. The molecule has 66 valence electrons. The molecule has 0 aromatic heterocycles. The van der Waals surface area contributed by atoms with Gasteiger partial charge >= 0.3 is 5.97 Å². The van der Waals surface area contributed by atoms with E-state index in [9.17, 15) is 4.79 Å². The lowest BCUT2D eigenvalue weighted by Gasteiger charge is -2.07. The minimum absolute atomic E-state index is 0.0899. The van der Waals surface area contributed by atoms with Crippen LogP contribution in [-0.4, -0.2) is 13.1 Å². The molecule has 0 heterocycles. The van der Waals surface area contributed by atoms with E-state index in [1.165, 1.54) is 20.0 Å². The molecule has 0 N–H and O–H groups in total. The van der Waals surface area contributed by atoms with Crippen molar-refractivity contribution >= 4 is 5.97 Å². The van der Waals surface area contributed by atoms with E-state index in [4.69, 9.17) is 0 Å². The molecule has 11 heavy (non-hydrogen) atoms. The SMILES string of the molecule is CCCC(C)CCC(=O)OC. The molecule has 2 heteroatoms. The van der Waals surface area contributed by atoms with Crippen LogP contribution in [0.4, 0.5) is 0 Å². The Balaban J connectivity index is 3.29. The Labute approximate surface area is 68.9 Å². The molecule has 2 nitrogen and oxygen atoms in total. The highest BCUT2D eigenvalue weighted by molar-refractivity contribution is 5.69. The van der Waals surface area contributed by atoms with Gasteiger partial charge in [0.1, 0.15) is 0 Å². The fourth-order valence-electron chi connectivity index (χ4n) is 1.10. The van der Waals surface area contributed by atoms with Crippen molar-refractivity contribution in [3.63, 3.8) is 0 Å². The summed E-state index contributed by atoms with van der Waals surface area (Å²) >= 11 is 0. The molecule has 0 fully saturated rings. The molecule has 0 aromatic carbocycles. The highest BCUT2D eigenvalue weighted by Crippen LogP contribution is 2.12. The van der Waals surface area contributed by atoms with E-state index in [0.717, 1.165) is 6.42 Å². The van der Waals surface area contributed by atoms with E-state index in [0.29, 0.717) is 12.3 Å². The van der Waals surface area contributed by atoms with Gasteiger partial charge in [0, 0.05) is 6.42 Å². The van der Waals surface area contributed by atoms with Crippen molar-refractivity contribution in [3.05, 3.63) is 0 Å². The average molecular weight is 158 g/mol. The lowest BCUT2D eigenvalue weighted by Crippen LogP contribution is -2.03. The molecule has 0 spiro atoms. The first-order valence-corrected chi connectivity index (χ1v) is 4.27. The van der Waals surface area contributed by atoms with Crippen LogP contribution in [0.5, 0.6) is 0 Å². The maximum absolute atomic E-state index is 10.7. The van der Waals surface area contributed by atoms with Crippen LogP contribution < -0.4 is 0 Å². The molecule has 1 unspecified atom stereocenters. The van der Waals surface area contributed by atoms with Crippen molar-refractivity contribution < 1.29 is 9.53 Å². The zero-order valence-corrected chi connectivity index (χ0v) is 7.72. The summed E-state index contributed by atoms with van der Waals surface area (Å²) in [7, 11) is 1.44. The Hall–Kier alpha value is -0.530. The minimum atomic E-state index is -0.0899. The van der Waals surface area contributed by atoms with Gasteiger partial charge in [-0.1, -0.05) is 26.7 Å². The van der Waals surface area contributed by atoms with Crippen molar-refractivity contribution in [2.45, 2.75) is 39.5 Å². The number of methoxy groups -OCH3 is 1. The fourth-order valence-corrected chi connectivity index (χ4v) is 1.10. The highest BCUT2D eigenvalue weighted by Gasteiger charge is 2.04. The van der Waals surface area contributed by atoms with Crippen LogP contribution in [0.2, 0.25) is 0 Å².